The first-order valence-electron chi connectivity index (χ1n) is 5.32. The van der Waals surface area contributed by atoms with Crippen molar-refractivity contribution in [1.82, 2.24) is 4.90 Å². The molecule has 1 aromatic carbocycles. The molecule has 0 spiro atoms. The highest BCUT2D eigenvalue weighted by molar-refractivity contribution is 5.35. The van der Waals surface area contributed by atoms with Gasteiger partial charge in [0.25, 0.3) is 5.69 Å². The van der Waals surface area contributed by atoms with E-state index in [0.717, 1.165) is 25.9 Å². The molecule has 1 aliphatic rings. The molecule has 1 heterocycles. The number of nitrogens with zero attached hydrogens (tertiary/aromatic N) is 2. The zero-order valence-electron chi connectivity index (χ0n) is 8.86. The average molecular weight is 224 g/mol. The van der Waals surface area contributed by atoms with Crippen molar-refractivity contribution < 1.29 is 9.31 Å². The highest BCUT2D eigenvalue weighted by atomic mass is 19.1. The maximum absolute atomic E-state index is 13.4. The number of rotatable bonds is 3. The Balaban J connectivity index is 2.17. The summed E-state index contributed by atoms with van der Waals surface area (Å²) in [5.41, 5.74) is 0.367. The summed E-state index contributed by atoms with van der Waals surface area (Å²) in [5.74, 6) is -0.363. The van der Waals surface area contributed by atoms with Crippen LogP contribution in [0.15, 0.2) is 18.2 Å². The Bertz CT molecular complexity index is 403. The van der Waals surface area contributed by atoms with Gasteiger partial charge < -0.3 is 0 Å². The van der Waals surface area contributed by atoms with Gasteiger partial charge in [0.1, 0.15) is 5.82 Å². The number of nitro benzene ring substituents is 1. The molecule has 1 fully saturated rings. The molecule has 0 aromatic heterocycles. The fraction of sp³-hybridized carbons (Fsp3) is 0.455. The van der Waals surface area contributed by atoms with Gasteiger partial charge in [-0.1, -0.05) is 0 Å². The summed E-state index contributed by atoms with van der Waals surface area (Å²) < 4.78 is 13.4. The second kappa shape index (κ2) is 4.57. The van der Waals surface area contributed by atoms with Crippen LogP contribution in [0.1, 0.15) is 18.4 Å². The standard InChI is InChI=1S/C11H13FN2O2/c12-11-4-3-10(14(15)16)7-9(11)8-13-5-1-2-6-13/h3-4,7H,1-2,5-6,8H2. The molecule has 5 heteroatoms. The van der Waals surface area contributed by atoms with Crippen LogP contribution in [0.2, 0.25) is 0 Å². The molecule has 1 aromatic rings. The highest BCUT2D eigenvalue weighted by Gasteiger charge is 2.16. The molecule has 0 aliphatic carbocycles. The number of hydrogen-bond acceptors (Lipinski definition) is 3. The molecule has 0 N–H and O–H groups in total. The first-order valence-corrected chi connectivity index (χ1v) is 5.32. The van der Waals surface area contributed by atoms with Crippen molar-refractivity contribution in [3.8, 4) is 0 Å². The quantitative estimate of drug-likeness (QED) is 0.584. The van der Waals surface area contributed by atoms with Crippen LogP contribution in [0.25, 0.3) is 0 Å². The summed E-state index contributed by atoms with van der Waals surface area (Å²) in [7, 11) is 0. The molecule has 1 saturated heterocycles. The molecule has 1 aliphatic heterocycles. The lowest BCUT2D eigenvalue weighted by atomic mass is 10.2. The van der Waals surface area contributed by atoms with Gasteiger partial charge in [-0.2, -0.15) is 0 Å². The Morgan fingerprint density at radius 3 is 2.69 bits per heavy atom. The Morgan fingerprint density at radius 2 is 2.06 bits per heavy atom. The van der Waals surface area contributed by atoms with Crippen LogP contribution >= 0.6 is 0 Å². The van der Waals surface area contributed by atoms with E-state index in [4.69, 9.17) is 0 Å². The van der Waals surface area contributed by atoms with Crippen molar-refractivity contribution in [3.63, 3.8) is 0 Å². The van der Waals surface area contributed by atoms with Gasteiger partial charge in [0, 0.05) is 24.2 Å². The third kappa shape index (κ3) is 2.36. The monoisotopic (exact) mass is 224 g/mol. The van der Waals surface area contributed by atoms with Crippen molar-refractivity contribution in [2.45, 2.75) is 19.4 Å². The number of nitro groups is 1. The molecule has 16 heavy (non-hydrogen) atoms. The van der Waals surface area contributed by atoms with Crippen molar-refractivity contribution in [2.24, 2.45) is 0 Å². The van der Waals surface area contributed by atoms with Crippen molar-refractivity contribution in [3.05, 3.63) is 39.7 Å². The van der Waals surface area contributed by atoms with Crippen molar-refractivity contribution in [1.29, 1.82) is 0 Å². The minimum atomic E-state index is -0.493. The van der Waals surface area contributed by atoms with Crippen LogP contribution in [-0.2, 0) is 6.54 Å². The fourth-order valence-electron chi connectivity index (χ4n) is 1.98. The molecule has 86 valence electrons. The van der Waals surface area contributed by atoms with Gasteiger partial charge >= 0.3 is 0 Å². The summed E-state index contributed by atoms with van der Waals surface area (Å²) in [5, 5.41) is 10.6. The Kier molecular flexibility index (Phi) is 3.14. The van der Waals surface area contributed by atoms with Gasteiger partial charge in [-0.3, -0.25) is 15.0 Å². The van der Waals surface area contributed by atoms with E-state index in [9.17, 15) is 14.5 Å². The lowest BCUT2D eigenvalue weighted by molar-refractivity contribution is -0.385. The molecule has 0 radical (unpaired) electrons. The van der Waals surface area contributed by atoms with E-state index >= 15 is 0 Å². The number of hydrogen-bond donors (Lipinski definition) is 0. The topological polar surface area (TPSA) is 46.4 Å². The van der Waals surface area contributed by atoms with E-state index in [2.05, 4.69) is 4.90 Å². The van der Waals surface area contributed by atoms with Crippen molar-refractivity contribution >= 4 is 5.69 Å². The number of halogens is 1. The molecule has 0 amide bonds. The zero-order valence-corrected chi connectivity index (χ0v) is 8.86. The van der Waals surface area contributed by atoms with Crippen LogP contribution in [0, 0.1) is 15.9 Å². The molecule has 0 unspecified atom stereocenters. The maximum Gasteiger partial charge on any atom is 0.269 e. The predicted octanol–water partition coefficient (Wildman–Crippen LogP) is 2.33. The largest absolute Gasteiger partial charge is 0.299 e. The molecule has 0 atom stereocenters. The third-order valence-corrected chi connectivity index (χ3v) is 2.83. The fourth-order valence-corrected chi connectivity index (χ4v) is 1.98. The first kappa shape index (κ1) is 11.0. The van der Waals surface area contributed by atoms with Gasteiger partial charge in [-0.05, 0) is 32.0 Å². The van der Waals surface area contributed by atoms with Crippen LogP contribution < -0.4 is 0 Å². The van der Waals surface area contributed by atoms with Gasteiger partial charge in [0.05, 0.1) is 4.92 Å². The van der Waals surface area contributed by atoms with E-state index in [1.807, 2.05) is 0 Å². The Hall–Kier alpha value is -1.49. The van der Waals surface area contributed by atoms with Gasteiger partial charge in [-0.15, -0.1) is 0 Å². The summed E-state index contributed by atoms with van der Waals surface area (Å²) in [4.78, 5) is 12.2. The highest BCUT2D eigenvalue weighted by Crippen LogP contribution is 2.20. The Labute approximate surface area is 92.8 Å². The van der Waals surface area contributed by atoms with Crippen molar-refractivity contribution in [2.75, 3.05) is 13.1 Å². The number of likely N-dealkylation sites (tertiary alicyclic amines) is 1. The smallest absolute Gasteiger partial charge is 0.269 e. The predicted molar refractivity (Wildman–Crippen MR) is 57.6 cm³/mol. The SMILES string of the molecule is O=[N+]([O-])c1ccc(F)c(CN2CCCC2)c1. The maximum atomic E-state index is 13.4. The summed E-state index contributed by atoms with van der Waals surface area (Å²) in [6.07, 6.45) is 2.24. The summed E-state index contributed by atoms with van der Waals surface area (Å²) >= 11 is 0. The Morgan fingerprint density at radius 1 is 1.38 bits per heavy atom. The molecule has 0 saturated carbocycles. The van der Waals surface area contributed by atoms with E-state index in [1.165, 1.54) is 18.2 Å². The van der Waals surface area contributed by atoms with E-state index in [1.54, 1.807) is 0 Å². The third-order valence-electron chi connectivity index (χ3n) is 2.83. The number of non-ortho nitro benzene ring substituents is 1. The van der Waals surface area contributed by atoms with Gasteiger partial charge in [-0.25, -0.2) is 4.39 Å². The van der Waals surface area contributed by atoms with Gasteiger partial charge in [0.2, 0.25) is 0 Å². The normalized spacial score (nSPS) is 16.6. The molecular weight excluding hydrogens is 211 g/mol. The van der Waals surface area contributed by atoms with E-state index in [0.29, 0.717) is 12.1 Å². The molecular formula is C11H13FN2O2. The zero-order chi connectivity index (χ0) is 11.5. The molecule has 0 bridgehead atoms. The van der Waals surface area contributed by atoms with Crippen LogP contribution in [0.5, 0.6) is 0 Å². The van der Waals surface area contributed by atoms with Crippen LogP contribution in [0.3, 0.4) is 0 Å². The summed E-state index contributed by atoms with van der Waals surface area (Å²) in [6, 6.07) is 3.69. The first-order chi connectivity index (χ1) is 7.66. The average Bonchev–Trinajstić information content (AvgIpc) is 2.73. The molecule has 2 rings (SSSR count). The van der Waals surface area contributed by atoms with E-state index < -0.39 is 4.92 Å². The lowest BCUT2D eigenvalue weighted by Crippen LogP contribution is -2.19. The van der Waals surface area contributed by atoms with Crippen LogP contribution in [-0.4, -0.2) is 22.9 Å². The van der Waals surface area contributed by atoms with Crippen LogP contribution in [0.4, 0.5) is 10.1 Å². The van der Waals surface area contributed by atoms with E-state index in [-0.39, 0.29) is 11.5 Å². The second-order valence-corrected chi connectivity index (χ2v) is 4.02. The minimum Gasteiger partial charge on any atom is -0.299 e. The minimum absolute atomic E-state index is 0.0457. The lowest BCUT2D eigenvalue weighted by Gasteiger charge is -2.14. The molecule has 4 nitrogen and oxygen atoms in total. The second-order valence-electron chi connectivity index (χ2n) is 4.02. The summed E-state index contributed by atoms with van der Waals surface area (Å²) in [6.45, 7) is 2.36. The van der Waals surface area contributed by atoms with Gasteiger partial charge in [0.15, 0.2) is 0 Å². The number of benzene rings is 1.